The second kappa shape index (κ2) is 8.84. The average Bonchev–Trinajstić information content (AvgIpc) is 3.45. The van der Waals surface area contributed by atoms with Crippen molar-refractivity contribution in [1.29, 1.82) is 0 Å². The number of likely N-dealkylation sites (tertiary alicyclic amines) is 1. The predicted octanol–water partition coefficient (Wildman–Crippen LogP) is 4.67. The number of aryl methyl sites for hydroxylation is 1. The van der Waals surface area contributed by atoms with Crippen LogP contribution in [-0.4, -0.2) is 47.0 Å². The molecule has 0 saturated carbocycles. The quantitative estimate of drug-likeness (QED) is 0.482. The van der Waals surface area contributed by atoms with Crippen LogP contribution in [0, 0.1) is 6.92 Å². The van der Waals surface area contributed by atoms with Crippen LogP contribution in [0.15, 0.2) is 52.5 Å². The van der Waals surface area contributed by atoms with Crippen molar-refractivity contribution in [2.75, 3.05) is 20.1 Å². The number of carbonyl (C=O) groups excluding carboxylic acids is 1. The van der Waals surface area contributed by atoms with Crippen molar-refractivity contribution >= 4 is 27.5 Å². The highest BCUT2D eigenvalue weighted by Gasteiger charge is 2.21. The molecule has 3 aromatic heterocycles. The van der Waals surface area contributed by atoms with Gasteiger partial charge < -0.3 is 14.6 Å². The number of thiophene rings is 1. The van der Waals surface area contributed by atoms with E-state index in [0.29, 0.717) is 11.6 Å². The van der Waals surface area contributed by atoms with Crippen molar-refractivity contribution in [3.05, 3.63) is 70.8 Å². The van der Waals surface area contributed by atoms with E-state index >= 15 is 0 Å². The lowest BCUT2D eigenvalue weighted by Crippen LogP contribution is -2.43. The van der Waals surface area contributed by atoms with Gasteiger partial charge in [0.2, 0.25) is 0 Å². The van der Waals surface area contributed by atoms with Gasteiger partial charge in [0.05, 0.1) is 10.2 Å². The van der Waals surface area contributed by atoms with Crippen molar-refractivity contribution in [1.82, 2.24) is 20.2 Å². The molecule has 32 heavy (non-hydrogen) atoms. The average molecular weight is 447 g/mol. The van der Waals surface area contributed by atoms with Crippen LogP contribution in [0.3, 0.4) is 0 Å². The third-order valence-corrected chi connectivity index (χ3v) is 7.02. The molecule has 1 N–H and O–H groups in total. The molecule has 1 aliphatic heterocycles. The van der Waals surface area contributed by atoms with Crippen LogP contribution >= 0.6 is 11.3 Å². The number of benzene rings is 1. The number of carbonyl (C=O) groups is 1. The fourth-order valence-electron chi connectivity index (χ4n) is 4.19. The number of hydrogen-bond donors (Lipinski definition) is 1. The van der Waals surface area contributed by atoms with Gasteiger partial charge in [-0.1, -0.05) is 24.3 Å². The lowest BCUT2D eigenvalue weighted by molar-refractivity contribution is 0.0912. The van der Waals surface area contributed by atoms with E-state index in [-0.39, 0.29) is 11.9 Å². The van der Waals surface area contributed by atoms with E-state index in [9.17, 15) is 4.79 Å². The molecular weight excluding hydrogens is 420 g/mol. The number of amides is 1. The lowest BCUT2D eigenvalue weighted by Gasteiger charge is -2.29. The Hall–Kier alpha value is -3.03. The summed E-state index contributed by atoms with van der Waals surface area (Å²) in [6, 6.07) is 12.5. The molecule has 4 heterocycles. The second-order valence-electron chi connectivity index (χ2n) is 8.48. The Morgan fingerprint density at radius 1 is 1.19 bits per heavy atom. The van der Waals surface area contributed by atoms with E-state index in [1.807, 2.05) is 24.4 Å². The SMILES string of the molecule is Cc1nc(-c2ccc(Cc3cc(C(=O)NC4CCN(C)CC4)nc4ccsc34)cc2)co1. The summed E-state index contributed by atoms with van der Waals surface area (Å²) in [4.78, 5) is 24.3. The van der Waals surface area contributed by atoms with Crippen LogP contribution in [0.2, 0.25) is 0 Å². The van der Waals surface area contributed by atoms with Crippen LogP contribution in [0.1, 0.15) is 40.3 Å². The summed E-state index contributed by atoms with van der Waals surface area (Å²) in [7, 11) is 2.12. The largest absolute Gasteiger partial charge is 0.449 e. The number of nitrogens with one attached hydrogen (secondary N) is 1. The molecule has 7 heteroatoms. The number of fused-ring (bicyclic) bond motifs is 1. The number of rotatable bonds is 5. The fraction of sp³-hybridized carbons (Fsp3) is 0.320. The zero-order chi connectivity index (χ0) is 22.1. The van der Waals surface area contributed by atoms with E-state index < -0.39 is 0 Å². The Bertz CT molecular complexity index is 1240. The molecule has 164 valence electrons. The summed E-state index contributed by atoms with van der Waals surface area (Å²) in [5.74, 6) is 0.581. The molecule has 0 bridgehead atoms. The predicted molar refractivity (Wildman–Crippen MR) is 127 cm³/mol. The summed E-state index contributed by atoms with van der Waals surface area (Å²) >= 11 is 1.67. The first-order valence-corrected chi connectivity index (χ1v) is 11.8. The summed E-state index contributed by atoms with van der Waals surface area (Å²) in [5, 5.41) is 5.23. The fourth-order valence-corrected chi connectivity index (χ4v) is 5.04. The van der Waals surface area contributed by atoms with E-state index in [4.69, 9.17) is 4.42 Å². The van der Waals surface area contributed by atoms with Crippen molar-refractivity contribution in [2.24, 2.45) is 0 Å². The monoisotopic (exact) mass is 446 g/mol. The molecule has 6 nitrogen and oxygen atoms in total. The summed E-state index contributed by atoms with van der Waals surface area (Å²) in [5.41, 5.74) is 5.56. The smallest absolute Gasteiger partial charge is 0.270 e. The standard InChI is InChI=1S/C25H26N4O2S/c1-16-26-23(15-31-16)18-5-3-17(4-6-18)13-19-14-22(28-21-9-12-32-24(19)21)25(30)27-20-7-10-29(2)11-8-20/h3-6,9,12,14-15,20H,7-8,10-11,13H2,1-2H3,(H,27,30). The minimum Gasteiger partial charge on any atom is -0.449 e. The minimum absolute atomic E-state index is 0.0781. The van der Waals surface area contributed by atoms with E-state index in [1.165, 1.54) is 5.56 Å². The normalized spacial score (nSPS) is 15.3. The highest BCUT2D eigenvalue weighted by atomic mass is 32.1. The van der Waals surface area contributed by atoms with Gasteiger partial charge in [-0.2, -0.15) is 0 Å². The van der Waals surface area contributed by atoms with Gasteiger partial charge in [-0.05, 0) is 68.0 Å². The molecule has 0 spiro atoms. The van der Waals surface area contributed by atoms with Gasteiger partial charge >= 0.3 is 0 Å². The molecule has 0 atom stereocenters. The number of nitrogens with zero attached hydrogens (tertiary/aromatic N) is 3. The molecule has 1 saturated heterocycles. The second-order valence-corrected chi connectivity index (χ2v) is 9.39. The molecule has 1 fully saturated rings. The van der Waals surface area contributed by atoms with Crippen LogP contribution < -0.4 is 5.32 Å². The third kappa shape index (κ3) is 4.45. The molecule has 1 aromatic carbocycles. The van der Waals surface area contributed by atoms with Gasteiger partial charge in [0.1, 0.15) is 17.7 Å². The summed E-state index contributed by atoms with van der Waals surface area (Å²) in [6.07, 6.45) is 4.38. The maximum Gasteiger partial charge on any atom is 0.270 e. The molecular formula is C25H26N4O2S. The van der Waals surface area contributed by atoms with Crippen LogP contribution in [0.5, 0.6) is 0 Å². The Labute approximate surface area is 191 Å². The molecule has 5 rings (SSSR count). The Balaban J connectivity index is 1.36. The van der Waals surface area contributed by atoms with Crippen LogP contribution in [-0.2, 0) is 6.42 Å². The molecule has 0 radical (unpaired) electrons. The Kier molecular flexibility index (Phi) is 5.76. The first kappa shape index (κ1) is 20.8. The Morgan fingerprint density at radius 3 is 2.69 bits per heavy atom. The van der Waals surface area contributed by atoms with Gasteiger partial charge in [-0.3, -0.25) is 4.79 Å². The molecule has 4 aromatic rings. The maximum absolute atomic E-state index is 13.0. The van der Waals surface area contributed by atoms with Gasteiger partial charge in [0.15, 0.2) is 5.89 Å². The van der Waals surface area contributed by atoms with Crippen molar-refractivity contribution in [3.8, 4) is 11.3 Å². The summed E-state index contributed by atoms with van der Waals surface area (Å²) < 4.78 is 6.46. The molecule has 1 amide bonds. The number of oxazole rings is 1. The van der Waals surface area contributed by atoms with Gasteiger partial charge in [-0.15, -0.1) is 11.3 Å². The lowest BCUT2D eigenvalue weighted by atomic mass is 10.0. The summed E-state index contributed by atoms with van der Waals surface area (Å²) in [6.45, 7) is 3.86. The number of piperidine rings is 1. The number of aromatic nitrogens is 2. The zero-order valence-electron chi connectivity index (χ0n) is 18.3. The van der Waals surface area contributed by atoms with Crippen molar-refractivity contribution in [2.45, 2.75) is 32.2 Å². The first-order chi connectivity index (χ1) is 15.5. The highest BCUT2D eigenvalue weighted by molar-refractivity contribution is 7.17. The van der Waals surface area contributed by atoms with E-state index in [2.05, 4.69) is 51.5 Å². The number of hydrogen-bond acceptors (Lipinski definition) is 6. The van der Waals surface area contributed by atoms with Gasteiger partial charge in [-0.25, -0.2) is 9.97 Å². The van der Waals surface area contributed by atoms with E-state index in [1.54, 1.807) is 17.6 Å². The van der Waals surface area contributed by atoms with E-state index in [0.717, 1.165) is 59.4 Å². The topological polar surface area (TPSA) is 71.3 Å². The maximum atomic E-state index is 13.0. The highest BCUT2D eigenvalue weighted by Crippen LogP contribution is 2.27. The minimum atomic E-state index is -0.0781. The molecule has 0 aliphatic carbocycles. The van der Waals surface area contributed by atoms with Gasteiger partial charge in [0.25, 0.3) is 5.91 Å². The zero-order valence-corrected chi connectivity index (χ0v) is 19.1. The Morgan fingerprint density at radius 2 is 1.97 bits per heavy atom. The van der Waals surface area contributed by atoms with Crippen LogP contribution in [0.4, 0.5) is 0 Å². The molecule has 1 aliphatic rings. The van der Waals surface area contributed by atoms with Crippen molar-refractivity contribution < 1.29 is 9.21 Å². The van der Waals surface area contributed by atoms with Crippen molar-refractivity contribution in [3.63, 3.8) is 0 Å². The number of pyridine rings is 1. The molecule has 0 unspecified atom stereocenters. The third-order valence-electron chi connectivity index (χ3n) is 6.04. The van der Waals surface area contributed by atoms with Gasteiger partial charge in [0, 0.05) is 18.5 Å². The van der Waals surface area contributed by atoms with Crippen LogP contribution in [0.25, 0.3) is 21.5 Å². The first-order valence-electron chi connectivity index (χ1n) is 10.9.